The second-order valence-corrected chi connectivity index (χ2v) is 7.22. The second kappa shape index (κ2) is 19.8. The maximum absolute atomic E-state index is 11.6. The summed E-state index contributed by atoms with van der Waals surface area (Å²) in [6.07, 6.45) is 0.520. The van der Waals surface area contributed by atoms with E-state index in [0.717, 1.165) is 0 Å². The van der Waals surface area contributed by atoms with Crippen molar-refractivity contribution >= 4 is 29.5 Å². The maximum atomic E-state index is 11.6. The SMILES string of the molecule is COC(=O)CCC(=O)CCOCCOCCOCCOCCOCCC(=O)ON1C(=O)CCC1=O. The van der Waals surface area contributed by atoms with Crippen LogP contribution in [0, 0.1) is 0 Å². The quantitative estimate of drug-likeness (QED) is 0.110. The number of ketones is 1. The van der Waals surface area contributed by atoms with E-state index >= 15 is 0 Å². The highest BCUT2D eigenvalue weighted by molar-refractivity contribution is 6.01. The van der Waals surface area contributed by atoms with Gasteiger partial charge in [0.2, 0.25) is 0 Å². The van der Waals surface area contributed by atoms with E-state index in [0.29, 0.717) is 51.3 Å². The van der Waals surface area contributed by atoms with Crippen molar-refractivity contribution in [2.75, 3.05) is 73.2 Å². The van der Waals surface area contributed by atoms with Crippen LogP contribution in [0.1, 0.15) is 38.5 Å². The van der Waals surface area contributed by atoms with E-state index in [-0.39, 0.29) is 64.1 Å². The van der Waals surface area contributed by atoms with Crippen molar-refractivity contribution in [2.24, 2.45) is 0 Å². The second-order valence-electron chi connectivity index (χ2n) is 7.22. The van der Waals surface area contributed by atoms with E-state index in [1.165, 1.54) is 7.11 Å². The molecule has 0 atom stereocenters. The van der Waals surface area contributed by atoms with Crippen LogP contribution in [0.5, 0.6) is 0 Å². The summed E-state index contributed by atoms with van der Waals surface area (Å²) in [6.45, 7) is 3.26. The Bertz CT molecular complexity index is 653. The zero-order chi connectivity index (χ0) is 25.7. The lowest BCUT2D eigenvalue weighted by atomic mass is 10.2. The van der Waals surface area contributed by atoms with E-state index in [2.05, 4.69) is 4.74 Å². The highest BCUT2D eigenvalue weighted by atomic mass is 16.7. The van der Waals surface area contributed by atoms with E-state index in [4.69, 9.17) is 28.5 Å². The molecule has 1 aliphatic rings. The minimum Gasteiger partial charge on any atom is -0.469 e. The molecule has 1 rings (SSSR count). The number of methoxy groups -OCH3 is 1. The molecule has 0 aromatic carbocycles. The van der Waals surface area contributed by atoms with Crippen LogP contribution in [0.2, 0.25) is 0 Å². The summed E-state index contributed by atoms with van der Waals surface area (Å²) in [4.78, 5) is 61.4. The highest BCUT2D eigenvalue weighted by Gasteiger charge is 2.32. The number of carbonyl (C=O) groups is 5. The van der Waals surface area contributed by atoms with Crippen molar-refractivity contribution in [1.82, 2.24) is 5.06 Å². The molecule has 0 saturated carbocycles. The Kier molecular flexibility index (Phi) is 17.3. The van der Waals surface area contributed by atoms with E-state index in [1.54, 1.807) is 0 Å². The van der Waals surface area contributed by atoms with E-state index < -0.39 is 23.8 Å². The summed E-state index contributed by atoms with van der Waals surface area (Å²) >= 11 is 0. The summed E-state index contributed by atoms with van der Waals surface area (Å²) in [7, 11) is 1.28. The first-order valence-corrected chi connectivity index (χ1v) is 11.5. The highest BCUT2D eigenvalue weighted by Crippen LogP contribution is 2.12. The Morgan fingerprint density at radius 1 is 0.600 bits per heavy atom. The van der Waals surface area contributed by atoms with Crippen molar-refractivity contribution < 1.29 is 57.2 Å². The number of ether oxygens (including phenoxy) is 6. The Hall–Kier alpha value is -2.45. The monoisotopic (exact) mass is 505 g/mol. The number of Topliss-reactive ketones (excluding diaryl/α,β-unsaturated/α-hetero) is 1. The fourth-order valence-electron chi connectivity index (χ4n) is 2.60. The Morgan fingerprint density at radius 2 is 1.03 bits per heavy atom. The van der Waals surface area contributed by atoms with Crippen LogP contribution in [-0.4, -0.2) is 108 Å². The number of esters is 1. The molecule has 0 aromatic rings. The number of hydrogen-bond acceptors (Lipinski definition) is 12. The van der Waals surface area contributed by atoms with E-state index in [9.17, 15) is 24.0 Å². The third-order valence-electron chi connectivity index (χ3n) is 4.50. The molecule has 0 unspecified atom stereocenters. The minimum atomic E-state index is -0.709. The van der Waals surface area contributed by atoms with E-state index in [1.807, 2.05) is 0 Å². The molecule has 2 amide bonds. The van der Waals surface area contributed by atoms with Crippen molar-refractivity contribution in [1.29, 1.82) is 0 Å². The lowest BCUT2D eigenvalue weighted by molar-refractivity contribution is -0.198. The first-order chi connectivity index (χ1) is 16.9. The van der Waals surface area contributed by atoms with Crippen molar-refractivity contribution in [3.63, 3.8) is 0 Å². The molecule has 13 heteroatoms. The van der Waals surface area contributed by atoms with Gasteiger partial charge >= 0.3 is 11.9 Å². The van der Waals surface area contributed by atoms with Gasteiger partial charge in [-0.05, 0) is 0 Å². The molecule has 0 spiro atoms. The molecule has 1 fully saturated rings. The molecule has 1 saturated heterocycles. The number of hydrogen-bond donors (Lipinski definition) is 0. The third-order valence-corrected chi connectivity index (χ3v) is 4.50. The molecule has 0 N–H and O–H groups in total. The Balaban J connectivity index is 1.77. The zero-order valence-electron chi connectivity index (χ0n) is 20.2. The fraction of sp³-hybridized carbons (Fsp3) is 0.773. The summed E-state index contributed by atoms with van der Waals surface area (Å²) in [5.74, 6) is -2.19. The number of hydroxylamine groups is 2. The van der Waals surface area contributed by atoms with Gasteiger partial charge in [0.05, 0.1) is 86.0 Å². The van der Waals surface area contributed by atoms with Gasteiger partial charge in [-0.15, -0.1) is 5.06 Å². The average molecular weight is 506 g/mol. The number of amides is 2. The van der Waals surface area contributed by atoms with Crippen LogP contribution < -0.4 is 0 Å². The van der Waals surface area contributed by atoms with Gasteiger partial charge in [-0.3, -0.25) is 19.2 Å². The largest absolute Gasteiger partial charge is 0.469 e. The lowest BCUT2D eigenvalue weighted by Gasteiger charge is -2.12. The number of imide groups is 1. The van der Waals surface area contributed by atoms with Crippen molar-refractivity contribution in [2.45, 2.75) is 38.5 Å². The smallest absolute Gasteiger partial charge is 0.335 e. The van der Waals surface area contributed by atoms with Crippen LogP contribution in [-0.2, 0) is 57.2 Å². The average Bonchev–Trinajstić information content (AvgIpc) is 3.16. The number of carbonyl (C=O) groups excluding carboxylic acids is 5. The summed E-state index contributed by atoms with van der Waals surface area (Å²) in [5.41, 5.74) is 0. The van der Waals surface area contributed by atoms with Crippen LogP contribution in [0.25, 0.3) is 0 Å². The summed E-state index contributed by atoms with van der Waals surface area (Å²) in [5, 5.41) is 0.507. The molecule has 0 aromatic heterocycles. The van der Waals surface area contributed by atoms with Crippen LogP contribution in [0.3, 0.4) is 0 Å². The molecule has 1 aliphatic heterocycles. The third kappa shape index (κ3) is 16.0. The molecule has 0 aliphatic carbocycles. The maximum Gasteiger partial charge on any atom is 0.335 e. The van der Waals surface area contributed by atoms with Gasteiger partial charge in [-0.1, -0.05) is 0 Å². The zero-order valence-corrected chi connectivity index (χ0v) is 20.2. The molecule has 200 valence electrons. The van der Waals surface area contributed by atoms with Gasteiger partial charge in [-0.25, -0.2) is 4.79 Å². The van der Waals surface area contributed by atoms with Crippen LogP contribution in [0.15, 0.2) is 0 Å². The normalized spacial score (nSPS) is 13.3. The Morgan fingerprint density at radius 3 is 1.49 bits per heavy atom. The fourth-order valence-corrected chi connectivity index (χ4v) is 2.60. The number of nitrogens with zero attached hydrogens (tertiary/aromatic N) is 1. The van der Waals surface area contributed by atoms with Gasteiger partial charge in [0.1, 0.15) is 5.78 Å². The van der Waals surface area contributed by atoms with Gasteiger partial charge in [0.25, 0.3) is 11.8 Å². The van der Waals surface area contributed by atoms with Gasteiger partial charge < -0.3 is 33.3 Å². The first-order valence-electron chi connectivity index (χ1n) is 11.5. The molecular weight excluding hydrogens is 470 g/mol. The molecule has 13 nitrogen and oxygen atoms in total. The summed E-state index contributed by atoms with van der Waals surface area (Å²) < 4.78 is 31.0. The summed E-state index contributed by atoms with van der Waals surface area (Å²) in [6, 6.07) is 0. The van der Waals surface area contributed by atoms with Gasteiger partial charge in [-0.2, -0.15) is 0 Å². The molecule has 0 radical (unpaired) electrons. The van der Waals surface area contributed by atoms with Gasteiger partial charge in [0.15, 0.2) is 0 Å². The predicted molar refractivity (Wildman–Crippen MR) is 117 cm³/mol. The molecular formula is C22H35NO12. The first kappa shape index (κ1) is 30.6. The molecule has 35 heavy (non-hydrogen) atoms. The topological polar surface area (TPSA) is 153 Å². The van der Waals surface area contributed by atoms with Crippen LogP contribution in [0.4, 0.5) is 0 Å². The standard InChI is InChI=1S/C22H35NO12/c1-29-21(27)5-2-18(24)6-8-30-10-12-32-14-16-34-17-15-33-13-11-31-9-7-22(28)35-23-19(25)3-4-20(23)26/h2-17H2,1H3. The van der Waals surface area contributed by atoms with Gasteiger partial charge in [0, 0.05) is 25.7 Å². The number of rotatable bonds is 22. The van der Waals surface area contributed by atoms with Crippen molar-refractivity contribution in [3.8, 4) is 0 Å². The predicted octanol–water partition coefficient (Wildman–Crippen LogP) is -0.0209. The van der Waals surface area contributed by atoms with Crippen molar-refractivity contribution in [3.05, 3.63) is 0 Å². The lowest BCUT2D eigenvalue weighted by Crippen LogP contribution is -2.32. The molecule has 1 heterocycles. The van der Waals surface area contributed by atoms with Crippen LogP contribution >= 0.6 is 0 Å². The molecule has 0 bridgehead atoms. The Labute approximate surface area is 204 Å². The minimum absolute atomic E-state index is 0.0476.